The molecule has 0 bridgehead atoms. The molecular weight excluding hydrogens is 428 g/mol. The molecule has 6 heteroatoms. The molecule has 1 amide bonds. The maximum atomic E-state index is 12.8. The number of nitrogens with zero attached hydrogens (tertiary/aromatic N) is 2. The van der Waals surface area contributed by atoms with Crippen molar-refractivity contribution in [1.82, 2.24) is 9.80 Å². The Kier molecular flexibility index (Phi) is 8.70. The molecule has 1 saturated heterocycles. The zero-order valence-electron chi connectivity index (χ0n) is 18.3. The molecule has 0 saturated carbocycles. The molecule has 1 aromatic carbocycles. The van der Waals surface area contributed by atoms with E-state index in [2.05, 4.69) is 34.5 Å². The van der Waals surface area contributed by atoms with Crippen LogP contribution >= 0.6 is 23.7 Å². The Bertz CT molecular complexity index is 876. The normalized spacial score (nSPS) is 17.5. The van der Waals surface area contributed by atoms with E-state index < -0.39 is 0 Å². The Morgan fingerprint density at radius 1 is 1.03 bits per heavy atom. The van der Waals surface area contributed by atoms with Crippen LogP contribution in [-0.2, 0) is 24.2 Å². The van der Waals surface area contributed by atoms with Crippen LogP contribution in [0.4, 0.5) is 0 Å². The van der Waals surface area contributed by atoms with Crippen LogP contribution in [0.5, 0.6) is 0 Å². The lowest BCUT2D eigenvalue weighted by Crippen LogP contribution is -2.37. The zero-order chi connectivity index (χ0) is 20.9. The molecule has 0 aliphatic carbocycles. The first-order valence-corrected chi connectivity index (χ1v) is 12.1. The molecule has 0 unspecified atom stereocenters. The standard InChI is InChI=1S/C25H32N2O2S.ClH/c1-19(28)27-14-8-20(9-15-27)4-7-25(29)23-6-5-21-10-12-26(13-11-22(21)17-23)18-24-3-2-16-30-24;/h2-3,5-6,16-17,20H,4,7-15,18H2,1H3;1H. The SMILES string of the molecule is CC(=O)N1CCC(CCC(=O)c2ccc3c(c2)CCN(Cc2cccs2)CC3)CC1.Cl. The number of rotatable bonds is 6. The second kappa shape index (κ2) is 11.3. The molecule has 1 aromatic heterocycles. The van der Waals surface area contributed by atoms with E-state index in [1.807, 2.05) is 22.3 Å². The van der Waals surface area contributed by atoms with Crippen LogP contribution in [0.1, 0.15) is 59.0 Å². The number of thiophene rings is 1. The van der Waals surface area contributed by atoms with Gasteiger partial charge in [-0.05, 0) is 66.7 Å². The number of piperidine rings is 1. The Morgan fingerprint density at radius 3 is 2.45 bits per heavy atom. The fraction of sp³-hybridized carbons (Fsp3) is 0.520. The molecule has 1 fully saturated rings. The highest BCUT2D eigenvalue weighted by atomic mass is 35.5. The van der Waals surface area contributed by atoms with Gasteiger partial charge in [0.05, 0.1) is 0 Å². The number of likely N-dealkylation sites (tertiary alicyclic amines) is 1. The van der Waals surface area contributed by atoms with Crippen molar-refractivity contribution in [2.45, 2.75) is 52.0 Å². The first-order valence-electron chi connectivity index (χ1n) is 11.2. The van der Waals surface area contributed by atoms with Gasteiger partial charge in [-0.2, -0.15) is 0 Å². The van der Waals surface area contributed by atoms with Crippen molar-refractivity contribution in [3.05, 3.63) is 57.3 Å². The quantitative estimate of drug-likeness (QED) is 0.570. The van der Waals surface area contributed by atoms with Crippen LogP contribution in [0.15, 0.2) is 35.7 Å². The maximum absolute atomic E-state index is 12.8. The van der Waals surface area contributed by atoms with Crippen molar-refractivity contribution < 1.29 is 9.59 Å². The van der Waals surface area contributed by atoms with Gasteiger partial charge in [0.2, 0.25) is 5.91 Å². The summed E-state index contributed by atoms with van der Waals surface area (Å²) in [5.41, 5.74) is 3.63. The number of fused-ring (bicyclic) bond motifs is 1. The number of ketones is 1. The summed E-state index contributed by atoms with van der Waals surface area (Å²) in [5, 5.41) is 2.15. The molecule has 0 spiro atoms. The van der Waals surface area contributed by atoms with Gasteiger partial charge in [0.25, 0.3) is 0 Å². The molecule has 3 heterocycles. The molecule has 4 rings (SSSR count). The molecule has 0 radical (unpaired) electrons. The number of amides is 1. The van der Waals surface area contributed by atoms with Crippen molar-refractivity contribution in [1.29, 1.82) is 0 Å². The van der Waals surface area contributed by atoms with Gasteiger partial charge in [0, 0.05) is 56.5 Å². The Balaban J connectivity index is 0.00000272. The van der Waals surface area contributed by atoms with E-state index in [1.54, 1.807) is 6.92 Å². The summed E-state index contributed by atoms with van der Waals surface area (Å²) in [4.78, 5) is 30.2. The van der Waals surface area contributed by atoms with Crippen LogP contribution in [0.3, 0.4) is 0 Å². The van der Waals surface area contributed by atoms with Crippen LogP contribution in [0.2, 0.25) is 0 Å². The van der Waals surface area contributed by atoms with E-state index in [9.17, 15) is 9.59 Å². The minimum Gasteiger partial charge on any atom is -0.343 e. The molecule has 2 aliphatic rings. The number of carbonyl (C=O) groups excluding carboxylic acids is 2. The predicted molar refractivity (Wildman–Crippen MR) is 129 cm³/mol. The van der Waals surface area contributed by atoms with E-state index in [1.165, 1.54) is 16.0 Å². The molecule has 0 atom stereocenters. The topological polar surface area (TPSA) is 40.6 Å². The molecule has 168 valence electrons. The van der Waals surface area contributed by atoms with E-state index in [-0.39, 0.29) is 24.1 Å². The Labute approximate surface area is 196 Å². The van der Waals surface area contributed by atoms with Gasteiger partial charge in [-0.1, -0.05) is 18.2 Å². The summed E-state index contributed by atoms with van der Waals surface area (Å²) < 4.78 is 0. The van der Waals surface area contributed by atoms with E-state index in [4.69, 9.17) is 0 Å². The highest BCUT2D eigenvalue weighted by Crippen LogP contribution is 2.25. The zero-order valence-corrected chi connectivity index (χ0v) is 20.0. The predicted octanol–water partition coefficient (Wildman–Crippen LogP) is 4.99. The summed E-state index contributed by atoms with van der Waals surface area (Å²) >= 11 is 1.83. The monoisotopic (exact) mass is 460 g/mol. The van der Waals surface area contributed by atoms with Crippen LogP contribution < -0.4 is 0 Å². The van der Waals surface area contributed by atoms with Gasteiger partial charge < -0.3 is 4.90 Å². The molecule has 2 aliphatic heterocycles. The van der Waals surface area contributed by atoms with Crippen molar-refractivity contribution >= 4 is 35.4 Å². The third kappa shape index (κ3) is 6.41. The number of hydrogen-bond donors (Lipinski definition) is 0. The number of halogens is 1. The maximum Gasteiger partial charge on any atom is 0.219 e. The lowest BCUT2D eigenvalue weighted by atomic mass is 9.89. The lowest BCUT2D eigenvalue weighted by Gasteiger charge is -2.31. The van der Waals surface area contributed by atoms with Gasteiger partial charge >= 0.3 is 0 Å². The first kappa shape index (κ1) is 24.0. The number of benzene rings is 1. The van der Waals surface area contributed by atoms with Crippen molar-refractivity contribution in [3.8, 4) is 0 Å². The minimum atomic E-state index is 0. The minimum absolute atomic E-state index is 0. The summed E-state index contributed by atoms with van der Waals surface area (Å²) in [6.45, 7) is 6.49. The molecule has 2 aromatic rings. The number of carbonyl (C=O) groups is 2. The highest BCUT2D eigenvalue weighted by molar-refractivity contribution is 7.09. The van der Waals surface area contributed by atoms with Crippen molar-refractivity contribution in [3.63, 3.8) is 0 Å². The third-order valence-corrected chi connectivity index (χ3v) is 7.58. The van der Waals surface area contributed by atoms with Crippen molar-refractivity contribution in [2.24, 2.45) is 5.92 Å². The fourth-order valence-electron chi connectivity index (χ4n) is 4.74. The average molecular weight is 461 g/mol. The van der Waals surface area contributed by atoms with Crippen LogP contribution in [-0.4, -0.2) is 47.7 Å². The van der Waals surface area contributed by atoms with E-state index in [0.717, 1.165) is 70.4 Å². The number of Topliss-reactive ketones (excluding diaryl/α,β-unsaturated/α-hetero) is 1. The first-order chi connectivity index (χ1) is 14.6. The van der Waals surface area contributed by atoms with Crippen LogP contribution in [0, 0.1) is 5.92 Å². The Morgan fingerprint density at radius 2 is 1.77 bits per heavy atom. The molecular formula is C25H33ClN2O2S. The second-order valence-electron chi connectivity index (χ2n) is 8.75. The summed E-state index contributed by atoms with van der Waals surface area (Å²) in [5.74, 6) is 1.01. The van der Waals surface area contributed by atoms with Gasteiger partial charge in [0.15, 0.2) is 5.78 Å². The molecule has 0 N–H and O–H groups in total. The summed E-state index contributed by atoms with van der Waals surface area (Å²) in [6, 6.07) is 10.7. The summed E-state index contributed by atoms with van der Waals surface area (Å²) in [7, 11) is 0. The summed E-state index contributed by atoms with van der Waals surface area (Å²) in [6.07, 6.45) is 5.69. The Hall–Kier alpha value is -1.69. The molecule has 31 heavy (non-hydrogen) atoms. The van der Waals surface area contributed by atoms with E-state index in [0.29, 0.717) is 12.3 Å². The van der Waals surface area contributed by atoms with Crippen LogP contribution in [0.25, 0.3) is 0 Å². The largest absolute Gasteiger partial charge is 0.343 e. The van der Waals surface area contributed by atoms with Gasteiger partial charge in [-0.25, -0.2) is 0 Å². The number of hydrogen-bond acceptors (Lipinski definition) is 4. The third-order valence-electron chi connectivity index (χ3n) is 6.72. The average Bonchev–Trinajstić information content (AvgIpc) is 3.19. The fourth-order valence-corrected chi connectivity index (χ4v) is 5.49. The van der Waals surface area contributed by atoms with E-state index >= 15 is 0 Å². The smallest absolute Gasteiger partial charge is 0.219 e. The van der Waals surface area contributed by atoms with Gasteiger partial charge in [-0.3, -0.25) is 14.5 Å². The van der Waals surface area contributed by atoms with Gasteiger partial charge in [-0.15, -0.1) is 23.7 Å². The van der Waals surface area contributed by atoms with Gasteiger partial charge in [0.1, 0.15) is 0 Å². The second-order valence-corrected chi connectivity index (χ2v) is 9.78. The lowest BCUT2D eigenvalue weighted by molar-refractivity contribution is -0.130. The highest BCUT2D eigenvalue weighted by Gasteiger charge is 2.22. The van der Waals surface area contributed by atoms with Crippen molar-refractivity contribution in [2.75, 3.05) is 26.2 Å². The molecule has 4 nitrogen and oxygen atoms in total.